The van der Waals surface area contributed by atoms with Crippen molar-refractivity contribution in [1.82, 2.24) is 19.9 Å². The van der Waals surface area contributed by atoms with E-state index in [4.69, 9.17) is 22.1 Å². The zero-order chi connectivity index (χ0) is 31.8. The first kappa shape index (κ1) is 30.3. The van der Waals surface area contributed by atoms with Gasteiger partial charge in [0.2, 0.25) is 0 Å². The fraction of sp³-hybridized carbons (Fsp3) is 0.500. The van der Waals surface area contributed by atoms with Gasteiger partial charge in [-0.2, -0.15) is 31.9 Å². The van der Waals surface area contributed by atoms with Crippen LogP contribution in [0, 0.1) is 11.7 Å². The minimum Gasteiger partial charge on any atom is -0.461 e. The summed E-state index contributed by atoms with van der Waals surface area (Å²) in [6, 6.07) is 1.05. The molecule has 3 aliphatic heterocycles. The monoisotopic (exact) mass is 656 g/mol. The van der Waals surface area contributed by atoms with E-state index in [1.807, 2.05) is 4.90 Å². The van der Waals surface area contributed by atoms with Crippen LogP contribution in [0.1, 0.15) is 44.1 Å². The number of ether oxygens (including phenoxy) is 1. The Morgan fingerprint density at radius 1 is 1.13 bits per heavy atom. The molecule has 0 amide bonds. The normalized spacial score (nSPS) is 26.6. The lowest BCUT2D eigenvalue weighted by Crippen LogP contribution is -2.43. The molecule has 4 aliphatic rings. The number of alkyl halides is 4. The second-order valence-electron chi connectivity index (χ2n) is 12.3. The summed E-state index contributed by atoms with van der Waals surface area (Å²) in [5.41, 5.74) is 1.90. The Hall–Kier alpha value is -3.39. The van der Waals surface area contributed by atoms with Gasteiger partial charge in [-0.15, -0.1) is 0 Å². The van der Waals surface area contributed by atoms with Gasteiger partial charge in [-0.05, 0) is 50.8 Å². The first-order chi connectivity index (χ1) is 21.4. The number of rotatable bonds is 5. The van der Waals surface area contributed by atoms with Crippen molar-refractivity contribution >= 4 is 34.0 Å². The number of hydrogen-bond donors (Lipinski definition) is 1. The fourth-order valence-corrected chi connectivity index (χ4v) is 7.70. The highest BCUT2D eigenvalue weighted by atomic mass is 35.5. The zero-order valence-corrected chi connectivity index (χ0v) is 24.5. The van der Waals surface area contributed by atoms with Crippen molar-refractivity contribution in [2.45, 2.75) is 62.5 Å². The Kier molecular flexibility index (Phi) is 7.30. The number of halogens is 8. The summed E-state index contributed by atoms with van der Waals surface area (Å²) in [6.45, 7) is 1.04. The molecule has 1 aliphatic carbocycles. The average molecular weight is 657 g/mol. The molecule has 2 aromatic heterocycles. The van der Waals surface area contributed by atoms with Gasteiger partial charge in [0.15, 0.2) is 5.82 Å². The van der Waals surface area contributed by atoms with Gasteiger partial charge in [-0.3, -0.25) is 9.88 Å². The first-order valence-electron chi connectivity index (χ1n) is 14.7. The molecule has 3 saturated heterocycles. The molecule has 0 unspecified atom stereocenters. The molecule has 7 rings (SSSR count). The third-order valence-electron chi connectivity index (χ3n) is 9.55. The Labute approximate surface area is 258 Å². The van der Waals surface area contributed by atoms with E-state index in [1.165, 1.54) is 0 Å². The number of pyridine rings is 1. The quantitative estimate of drug-likeness (QED) is 0.230. The largest absolute Gasteiger partial charge is 0.461 e. The smallest absolute Gasteiger partial charge is 0.418 e. The molecule has 0 bridgehead atoms. The van der Waals surface area contributed by atoms with Gasteiger partial charge in [0.05, 0.1) is 27.6 Å². The van der Waals surface area contributed by atoms with E-state index in [-0.39, 0.29) is 59.5 Å². The van der Waals surface area contributed by atoms with Gasteiger partial charge in [-0.1, -0.05) is 18.0 Å². The maximum Gasteiger partial charge on any atom is 0.418 e. The Balaban J connectivity index is 1.35. The minimum absolute atomic E-state index is 0.0276. The number of nitrogen functional groups attached to an aromatic ring is 1. The van der Waals surface area contributed by atoms with E-state index >= 15 is 4.39 Å². The molecule has 4 atom stereocenters. The molecular weight excluding hydrogens is 629 g/mol. The van der Waals surface area contributed by atoms with Crippen molar-refractivity contribution in [1.29, 1.82) is 0 Å². The third-order valence-corrected chi connectivity index (χ3v) is 9.85. The molecule has 3 aromatic rings. The second kappa shape index (κ2) is 10.9. The van der Waals surface area contributed by atoms with Gasteiger partial charge in [0.1, 0.15) is 29.8 Å². The number of fused-ring (bicyclic) bond motifs is 3. The molecule has 1 saturated carbocycles. The lowest BCUT2D eigenvalue weighted by atomic mass is 9.94. The summed E-state index contributed by atoms with van der Waals surface area (Å²) >= 11 is 5.93. The third kappa shape index (κ3) is 5.13. The second-order valence-corrected chi connectivity index (χ2v) is 12.7. The molecule has 15 heteroatoms. The number of benzene rings is 1. The summed E-state index contributed by atoms with van der Waals surface area (Å²) in [7, 11) is 0. The van der Waals surface area contributed by atoms with Crippen LogP contribution in [0.5, 0.6) is 6.01 Å². The molecule has 4 fully saturated rings. The van der Waals surface area contributed by atoms with E-state index in [2.05, 4.69) is 15.0 Å². The van der Waals surface area contributed by atoms with Gasteiger partial charge in [0, 0.05) is 42.0 Å². The highest BCUT2D eigenvalue weighted by molar-refractivity contribution is 6.32. The van der Waals surface area contributed by atoms with E-state index in [0.717, 1.165) is 31.2 Å². The summed E-state index contributed by atoms with van der Waals surface area (Å²) in [6.07, 6.45) is -3.01. The maximum atomic E-state index is 16.4. The van der Waals surface area contributed by atoms with Crippen molar-refractivity contribution in [3.8, 4) is 17.3 Å². The zero-order valence-electron chi connectivity index (χ0n) is 23.8. The van der Waals surface area contributed by atoms with Crippen LogP contribution in [0.4, 0.5) is 42.2 Å². The van der Waals surface area contributed by atoms with Gasteiger partial charge >= 0.3 is 12.2 Å². The van der Waals surface area contributed by atoms with Gasteiger partial charge < -0.3 is 15.4 Å². The van der Waals surface area contributed by atoms with Crippen LogP contribution in [0.2, 0.25) is 5.02 Å². The Morgan fingerprint density at radius 2 is 1.93 bits per heavy atom. The van der Waals surface area contributed by atoms with E-state index in [0.29, 0.717) is 32.4 Å². The lowest BCUT2D eigenvalue weighted by Gasteiger charge is -2.31. The van der Waals surface area contributed by atoms with Crippen LogP contribution < -0.4 is 15.4 Å². The maximum absolute atomic E-state index is 16.4. The standard InChI is InChI=1S/C30H28ClF7N6O/c31-19-9-15(39)8-17(20(19)30(36,37)38)23-22(33)24-18(11-40-23)27(44-7-2-1-4-16-21(32)25(16)44)42-28(41-24)45-13-29-5-3-6-43(29)12-14(10-29)26(34)35/h8-9,11,16,21,25H,1-7,10,12-13,39H2/t16-,21-,25-,29-/m0/s1. The number of hydrogen-bond acceptors (Lipinski definition) is 7. The lowest BCUT2D eigenvalue weighted by molar-refractivity contribution is -0.137. The molecule has 5 heterocycles. The number of nitrogens with zero attached hydrogens (tertiary/aromatic N) is 5. The van der Waals surface area contributed by atoms with Crippen LogP contribution in [0.3, 0.4) is 0 Å². The summed E-state index contributed by atoms with van der Waals surface area (Å²) in [4.78, 5) is 16.5. The predicted molar refractivity (Wildman–Crippen MR) is 153 cm³/mol. The van der Waals surface area contributed by atoms with Crippen LogP contribution in [-0.2, 0) is 6.18 Å². The fourth-order valence-electron chi connectivity index (χ4n) is 7.37. The number of anilines is 2. The molecule has 0 radical (unpaired) electrons. The van der Waals surface area contributed by atoms with E-state index in [1.54, 1.807) is 4.90 Å². The highest BCUT2D eigenvalue weighted by Gasteiger charge is 2.56. The number of aromatic nitrogens is 3. The van der Waals surface area contributed by atoms with Crippen molar-refractivity contribution < 1.29 is 35.5 Å². The van der Waals surface area contributed by atoms with Gasteiger partial charge in [0.25, 0.3) is 6.08 Å². The molecule has 240 valence electrons. The molecule has 1 aromatic carbocycles. The molecule has 2 N–H and O–H groups in total. The van der Waals surface area contributed by atoms with Crippen molar-refractivity contribution in [3.63, 3.8) is 0 Å². The number of nitrogens with two attached hydrogens (primary N) is 1. The van der Waals surface area contributed by atoms with Crippen LogP contribution in [0.25, 0.3) is 22.2 Å². The van der Waals surface area contributed by atoms with E-state index < -0.39 is 57.7 Å². The van der Waals surface area contributed by atoms with Crippen LogP contribution >= 0.6 is 11.6 Å². The Morgan fingerprint density at radius 3 is 2.69 bits per heavy atom. The average Bonchev–Trinajstić information content (AvgIpc) is 3.30. The molecule has 45 heavy (non-hydrogen) atoms. The van der Waals surface area contributed by atoms with Crippen molar-refractivity contribution in [3.05, 3.63) is 46.4 Å². The molecule has 0 spiro atoms. The van der Waals surface area contributed by atoms with Crippen LogP contribution in [0.15, 0.2) is 30.0 Å². The predicted octanol–water partition coefficient (Wildman–Crippen LogP) is 7.18. The van der Waals surface area contributed by atoms with Crippen molar-refractivity contribution in [2.24, 2.45) is 5.92 Å². The van der Waals surface area contributed by atoms with E-state index in [9.17, 15) is 26.3 Å². The molecular formula is C30H28ClF7N6O. The van der Waals surface area contributed by atoms with Gasteiger partial charge in [-0.25, -0.2) is 8.78 Å². The van der Waals surface area contributed by atoms with Crippen molar-refractivity contribution in [2.75, 3.05) is 36.9 Å². The highest BCUT2D eigenvalue weighted by Crippen LogP contribution is 2.49. The molecule has 7 nitrogen and oxygen atoms in total. The summed E-state index contributed by atoms with van der Waals surface area (Å²) in [5, 5.41) is -0.655. The van der Waals surface area contributed by atoms with Crippen LogP contribution in [-0.4, -0.2) is 63.8 Å². The summed E-state index contributed by atoms with van der Waals surface area (Å²) < 4.78 is 107. The Bertz CT molecular complexity index is 1720. The topological polar surface area (TPSA) is 80.4 Å². The summed E-state index contributed by atoms with van der Waals surface area (Å²) in [5.74, 6) is -1.28. The first-order valence-corrected chi connectivity index (χ1v) is 15.1. The SMILES string of the molecule is Nc1cc(Cl)c(C(F)(F)F)c(-c2ncc3c(N4CCCC[C@H]5[C@H](F)[C@H]54)nc(OC[C@@]45CCCN4CC(=C(F)F)C5)nc3c2F)c1. The minimum atomic E-state index is -4.96.